The summed E-state index contributed by atoms with van der Waals surface area (Å²) in [6.07, 6.45) is 0.130. The molecule has 0 radical (unpaired) electrons. The number of nitrogens with zero attached hydrogens (tertiary/aromatic N) is 1. The molecule has 118 valence electrons. The summed E-state index contributed by atoms with van der Waals surface area (Å²) in [5.41, 5.74) is 2.69. The van der Waals surface area contributed by atoms with Crippen molar-refractivity contribution >= 4 is 23.4 Å². The predicted molar refractivity (Wildman–Crippen MR) is 83.8 cm³/mol. The lowest BCUT2D eigenvalue weighted by molar-refractivity contribution is -0.139. The Morgan fingerprint density at radius 2 is 2.13 bits per heavy atom. The molecule has 1 aliphatic heterocycles. The van der Waals surface area contributed by atoms with Crippen LogP contribution in [0, 0.1) is 5.82 Å². The zero-order valence-electron chi connectivity index (χ0n) is 12.5. The number of rotatable bonds is 3. The zero-order valence-corrected chi connectivity index (χ0v) is 12.5. The van der Waals surface area contributed by atoms with E-state index in [4.69, 9.17) is 0 Å². The van der Waals surface area contributed by atoms with Crippen LogP contribution in [0.2, 0.25) is 0 Å². The number of benzene rings is 2. The molecule has 1 heterocycles. The summed E-state index contributed by atoms with van der Waals surface area (Å²) in [5, 5.41) is 2.74. The number of hydrogen-bond acceptors (Lipinski definition) is 3. The highest BCUT2D eigenvalue weighted by Crippen LogP contribution is 2.28. The van der Waals surface area contributed by atoms with E-state index in [9.17, 15) is 14.0 Å². The summed E-state index contributed by atoms with van der Waals surface area (Å²) in [5.74, 6) is -0.697. The highest BCUT2D eigenvalue weighted by Gasteiger charge is 2.24. The first-order valence-electron chi connectivity index (χ1n) is 7.09. The summed E-state index contributed by atoms with van der Waals surface area (Å²) in [7, 11) is 1.33. The van der Waals surface area contributed by atoms with E-state index in [2.05, 4.69) is 10.1 Å². The molecule has 0 bridgehead atoms. The summed E-state index contributed by atoms with van der Waals surface area (Å²) in [6, 6.07) is 11.0. The van der Waals surface area contributed by atoms with Gasteiger partial charge in [0.05, 0.1) is 20.1 Å². The van der Waals surface area contributed by atoms with Gasteiger partial charge in [0.15, 0.2) is 0 Å². The number of esters is 1. The van der Waals surface area contributed by atoms with Crippen molar-refractivity contribution in [1.29, 1.82) is 0 Å². The molecule has 3 rings (SSSR count). The van der Waals surface area contributed by atoms with E-state index in [1.807, 2.05) is 0 Å². The van der Waals surface area contributed by atoms with Crippen LogP contribution >= 0.6 is 0 Å². The third-order valence-corrected chi connectivity index (χ3v) is 3.68. The van der Waals surface area contributed by atoms with Gasteiger partial charge in [-0.15, -0.1) is 0 Å². The number of carbonyl (C=O) groups excluding carboxylic acids is 2. The third-order valence-electron chi connectivity index (χ3n) is 3.68. The quantitative estimate of drug-likeness (QED) is 0.886. The van der Waals surface area contributed by atoms with Crippen LogP contribution in [0.1, 0.15) is 11.1 Å². The first-order valence-corrected chi connectivity index (χ1v) is 7.09. The predicted octanol–water partition coefficient (Wildman–Crippen LogP) is 3.09. The summed E-state index contributed by atoms with van der Waals surface area (Å²) in [6.45, 7) is 0.264. The Morgan fingerprint density at radius 3 is 2.91 bits per heavy atom. The lowest BCUT2D eigenvalue weighted by atomic mass is 10.1. The van der Waals surface area contributed by atoms with Gasteiger partial charge in [-0.3, -0.25) is 9.69 Å². The molecule has 0 saturated carbocycles. The molecule has 2 amide bonds. The van der Waals surface area contributed by atoms with Crippen molar-refractivity contribution < 1.29 is 18.7 Å². The normalized spacial score (nSPS) is 13.3. The average Bonchev–Trinajstić information content (AvgIpc) is 2.54. The molecule has 2 aromatic carbocycles. The van der Waals surface area contributed by atoms with Gasteiger partial charge in [-0.05, 0) is 41.5 Å². The van der Waals surface area contributed by atoms with Crippen LogP contribution in [0.15, 0.2) is 42.5 Å². The highest BCUT2D eigenvalue weighted by molar-refractivity contribution is 6.04. The molecule has 0 unspecified atom stereocenters. The van der Waals surface area contributed by atoms with E-state index in [0.717, 1.165) is 5.56 Å². The van der Waals surface area contributed by atoms with Gasteiger partial charge in [-0.2, -0.15) is 0 Å². The van der Waals surface area contributed by atoms with Crippen molar-refractivity contribution in [2.75, 3.05) is 17.3 Å². The Balaban J connectivity index is 1.88. The number of anilines is 2. The molecule has 1 N–H and O–H groups in total. The van der Waals surface area contributed by atoms with Gasteiger partial charge in [-0.1, -0.05) is 12.1 Å². The van der Waals surface area contributed by atoms with Crippen LogP contribution in [0.25, 0.3) is 0 Å². The maximum Gasteiger partial charge on any atom is 0.326 e. The fraction of sp³-hybridized carbons (Fsp3) is 0.176. The number of hydrogen-bond donors (Lipinski definition) is 1. The third kappa shape index (κ3) is 3.15. The Hall–Kier alpha value is -2.89. The molecular weight excluding hydrogens is 299 g/mol. The number of nitrogens with one attached hydrogen (secondary N) is 1. The largest absolute Gasteiger partial charge is 0.469 e. The minimum atomic E-state index is -0.349. The lowest BCUT2D eigenvalue weighted by Crippen LogP contribution is -2.38. The Bertz CT molecular complexity index is 776. The number of halogens is 1. The molecule has 23 heavy (non-hydrogen) atoms. The van der Waals surface area contributed by atoms with E-state index < -0.39 is 0 Å². The minimum Gasteiger partial charge on any atom is -0.469 e. The monoisotopic (exact) mass is 314 g/mol. The number of methoxy groups -OCH3 is 1. The molecule has 0 spiro atoms. The minimum absolute atomic E-state index is 0.130. The molecule has 0 atom stereocenters. The smallest absolute Gasteiger partial charge is 0.326 e. The summed E-state index contributed by atoms with van der Waals surface area (Å²) in [4.78, 5) is 25.1. The lowest BCUT2D eigenvalue weighted by Gasteiger charge is -2.29. The molecule has 6 heteroatoms. The Kier molecular flexibility index (Phi) is 3.97. The molecular formula is C17H15FN2O3. The second-order valence-corrected chi connectivity index (χ2v) is 5.24. The number of fused-ring (bicyclic) bond motifs is 1. The molecule has 5 nitrogen and oxygen atoms in total. The van der Waals surface area contributed by atoms with E-state index in [1.54, 1.807) is 30.3 Å². The summed E-state index contributed by atoms with van der Waals surface area (Å²) < 4.78 is 18.0. The SMILES string of the molecule is COC(=O)Cc1cccc(N2Cc3cc(F)ccc3NC2=O)c1. The number of urea groups is 1. The molecule has 0 aliphatic carbocycles. The first-order chi connectivity index (χ1) is 11.1. The standard InChI is InChI=1S/C17H15FN2O3/c1-23-16(21)8-11-3-2-4-14(7-11)20-10-12-9-13(18)5-6-15(12)19-17(20)22/h2-7,9H,8,10H2,1H3,(H,19,22). The van der Waals surface area contributed by atoms with Crippen molar-refractivity contribution in [2.45, 2.75) is 13.0 Å². The van der Waals surface area contributed by atoms with Gasteiger partial charge in [0, 0.05) is 11.4 Å². The maximum atomic E-state index is 13.4. The van der Waals surface area contributed by atoms with Gasteiger partial charge >= 0.3 is 12.0 Å². The van der Waals surface area contributed by atoms with E-state index in [-0.39, 0.29) is 30.8 Å². The summed E-state index contributed by atoms with van der Waals surface area (Å²) >= 11 is 0. The van der Waals surface area contributed by atoms with Crippen molar-refractivity contribution in [2.24, 2.45) is 0 Å². The maximum absolute atomic E-state index is 13.4. The van der Waals surface area contributed by atoms with Gasteiger partial charge in [-0.25, -0.2) is 9.18 Å². The topological polar surface area (TPSA) is 58.6 Å². The number of carbonyl (C=O) groups is 2. The zero-order chi connectivity index (χ0) is 16.4. The van der Waals surface area contributed by atoms with Crippen LogP contribution in [-0.4, -0.2) is 19.1 Å². The van der Waals surface area contributed by atoms with Gasteiger partial charge in [0.25, 0.3) is 0 Å². The van der Waals surface area contributed by atoms with Gasteiger partial charge in [0.1, 0.15) is 5.82 Å². The van der Waals surface area contributed by atoms with Crippen molar-refractivity contribution in [1.82, 2.24) is 0 Å². The first kappa shape index (κ1) is 15.0. The molecule has 0 aromatic heterocycles. The van der Waals surface area contributed by atoms with Crippen LogP contribution in [0.4, 0.5) is 20.6 Å². The molecule has 0 saturated heterocycles. The second-order valence-electron chi connectivity index (χ2n) is 5.24. The van der Waals surface area contributed by atoms with Crippen molar-refractivity contribution in [3.05, 3.63) is 59.4 Å². The van der Waals surface area contributed by atoms with Crippen LogP contribution in [-0.2, 0) is 22.5 Å². The van der Waals surface area contributed by atoms with E-state index in [0.29, 0.717) is 16.9 Å². The fourth-order valence-corrected chi connectivity index (χ4v) is 2.52. The van der Waals surface area contributed by atoms with Crippen molar-refractivity contribution in [3.8, 4) is 0 Å². The molecule has 2 aromatic rings. The average molecular weight is 314 g/mol. The molecule has 1 aliphatic rings. The van der Waals surface area contributed by atoms with Crippen LogP contribution < -0.4 is 10.2 Å². The highest BCUT2D eigenvalue weighted by atomic mass is 19.1. The number of ether oxygens (including phenoxy) is 1. The molecule has 0 fully saturated rings. The van der Waals surface area contributed by atoms with E-state index >= 15 is 0 Å². The van der Waals surface area contributed by atoms with Crippen molar-refractivity contribution in [3.63, 3.8) is 0 Å². The van der Waals surface area contributed by atoms with Gasteiger partial charge < -0.3 is 10.1 Å². The fourth-order valence-electron chi connectivity index (χ4n) is 2.52. The van der Waals surface area contributed by atoms with Crippen LogP contribution in [0.3, 0.4) is 0 Å². The van der Waals surface area contributed by atoms with E-state index in [1.165, 1.54) is 24.1 Å². The Labute approximate surface area is 132 Å². The second kappa shape index (κ2) is 6.08. The number of amides is 2. The Morgan fingerprint density at radius 1 is 1.30 bits per heavy atom. The van der Waals surface area contributed by atoms with Gasteiger partial charge in [0.2, 0.25) is 0 Å². The van der Waals surface area contributed by atoms with Crippen LogP contribution in [0.5, 0.6) is 0 Å².